The SMILES string of the molecule is CC1=C(Br)C(=NS(=O)(=O)c2ccc(C)cc2)C(C(C)C)=CC1=O. The summed E-state index contributed by atoms with van der Waals surface area (Å²) in [5.41, 5.74) is 2.34. The van der Waals surface area contributed by atoms with Gasteiger partial charge >= 0.3 is 0 Å². The molecule has 0 heterocycles. The minimum absolute atomic E-state index is 0.0217. The van der Waals surface area contributed by atoms with Crippen molar-refractivity contribution in [2.45, 2.75) is 32.6 Å². The standard InChI is InChI=1S/C17H18BrNO3S/c1-10(2)14-9-15(20)12(4)16(18)17(14)19-23(21,22)13-7-5-11(3)6-8-13/h5-10H,1-4H3. The number of carbonyl (C=O) groups excluding carboxylic acids is 1. The summed E-state index contributed by atoms with van der Waals surface area (Å²) >= 11 is 3.33. The van der Waals surface area contributed by atoms with Crippen LogP contribution in [0.3, 0.4) is 0 Å². The van der Waals surface area contributed by atoms with E-state index in [1.165, 1.54) is 18.2 Å². The first kappa shape index (κ1) is 17.8. The maximum atomic E-state index is 12.6. The van der Waals surface area contributed by atoms with Gasteiger partial charge in [-0.2, -0.15) is 12.8 Å². The van der Waals surface area contributed by atoms with Gasteiger partial charge in [0.15, 0.2) is 5.78 Å². The number of carbonyl (C=O) groups is 1. The molecule has 0 aliphatic heterocycles. The van der Waals surface area contributed by atoms with Crippen molar-refractivity contribution in [3.8, 4) is 0 Å². The lowest BCUT2D eigenvalue weighted by Crippen LogP contribution is -2.20. The Bertz CT molecular complexity index is 844. The number of halogens is 1. The molecule has 0 radical (unpaired) electrons. The van der Waals surface area contributed by atoms with Crippen LogP contribution in [0, 0.1) is 12.8 Å². The number of allylic oxidation sites excluding steroid dienone is 4. The zero-order valence-corrected chi connectivity index (χ0v) is 15.8. The lowest BCUT2D eigenvalue weighted by molar-refractivity contribution is -0.111. The van der Waals surface area contributed by atoms with Crippen molar-refractivity contribution in [2.75, 3.05) is 0 Å². The molecule has 1 aliphatic carbocycles. The Morgan fingerprint density at radius 2 is 1.65 bits per heavy atom. The van der Waals surface area contributed by atoms with Crippen LogP contribution in [0.1, 0.15) is 26.3 Å². The summed E-state index contributed by atoms with van der Waals surface area (Å²) in [5.74, 6) is -0.154. The van der Waals surface area contributed by atoms with Crippen LogP contribution in [0.5, 0.6) is 0 Å². The Morgan fingerprint density at radius 3 is 2.17 bits per heavy atom. The molecule has 1 aromatic rings. The summed E-state index contributed by atoms with van der Waals surface area (Å²) < 4.78 is 29.6. The zero-order valence-electron chi connectivity index (χ0n) is 13.4. The molecule has 23 heavy (non-hydrogen) atoms. The first-order valence-electron chi connectivity index (χ1n) is 7.18. The summed E-state index contributed by atoms with van der Waals surface area (Å²) in [6.07, 6.45) is 1.47. The molecule has 0 fully saturated rings. The minimum atomic E-state index is -3.85. The largest absolute Gasteiger partial charge is 0.290 e. The van der Waals surface area contributed by atoms with Gasteiger partial charge < -0.3 is 0 Å². The van der Waals surface area contributed by atoms with E-state index in [0.29, 0.717) is 21.3 Å². The maximum Gasteiger partial charge on any atom is 0.282 e. The molecule has 1 aromatic carbocycles. The molecule has 0 aromatic heterocycles. The number of hydrogen-bond donors (Lipinski definition) is 0. The van der Waals surface area contributed by atoms with E-state index in [9.17, 15) is 13.2 Å². The fourth-order valence-electron chi connectivity index (χ4n) is 2.15. The quantitative estimate of drug-likeness (QED) is 0.727. The Balaban J connectivity index is 2.60. The topological polar surface area (TPSA) is 63.6 Å². The second-order valence-electron chi connectivity index (χ2n) is 5.79. The van der Waals surface area contributed by atoms with Gasteiger partial charge in [0.2, 0.25) is 0 Å². The first-order valence-corrected chi connectivity index (χ1v) is 9.41. The molecule has 0 atom stereocenters. The third kappa shape index (κ3) is 3.70. The molecule has 0 N–H and O–H groups in total. The van der Waals surface area contributed by atoms with Gasteiger partial charge in [-0.15, -0.1) is 0 Å². The third-order valence-corrected chi connectivity index (χ3v) is 5.88. The van der Waals surface area contributed by atoms with E-state index in [0.717, 1.165) is 5.56 Å². The van der Waals surface area contributed by atoms with Crippen molar-refractivity contribution in [3.63, 3.8) is 0 Å². The van der Waals surface area contributed by atoms with Gasteiger partial charge in [0.1, 0.15) is 0 Å². The Kier molecular flexibility index (Phi) is 5.06. The summed E-state index contributed by atoms with van der Waals surface area (Å²) in [4.78, 5) is 12.1. The van der Waals surface area contributed by atoms with E-state index in [2.05, 4.69) is 20.3 Å². The van der Waals surface area contributed by atoms with Crippen LogP contribution in [0.25, 0.3) is 0 Å². The number of ketones is 1. The summed E-state index contributed by atoms with van der Waals surface area (Å²) in [6.45, 7) is 7.33. The van der Waals surface area contributed by atoms with Crippen LogP contribution in [0.2, 0.25) is 0 Å². The number of nitrogens with zero attached hydrogens (tertiary/aromatic N) is 1. The normalized spacial score (nSPS) is 17.9. The van der Waals surface area contributed by atoms with Crippen molar-refractivity contribution in [1.29, 1.82) is 0 Å². The Hall–Kier alpha value is -1.53. The fraction of sp³-hybridized carbons (Fsp3) is 0.294. The van der Waals surface area contributed by atoms with Gasteiger partial charge in [-0.25, -0.2) is 0 Å². The van der Waals surface area contributed by atoms with Gasteiger partial charge in [0.25, 0.3) is 10.0 Å². The molecule has 1 aliphatic rings. The summed E-state index contributed by atoms with van der Waals surface area (Å²) in [6, 6.07) is 6.53. The smallest absolute Gasteiger partial charge is 0.282 e. The third-order valence-electron chi connectivity index (χ3n) is 3.62. The second kappa shape index (κ2) is 6.53. The summed E-state index contributed by atoms with van der Waals surface area (Å²) in [5, 5.41) is 0. The molecular weight excluding hydrogens is 378 g/mol. The van der Waals surface area contributed by atoms with Crippen molar-refractivity contribution >= 4 is 37.4 Å². The highest BCUT2D eigenvalue weighted by Crippen LogP contribution is 2.30. The van der Waals surface area contributed by atoms with Crippen molar-refractivity contribution in [1.82, 2.24) is 0 Å². The van der Waals surface area contributed by atoms with E-state index < -0.39 is 10.0 Å². The lowest BCUT2D eigenvalue weighted by atomic mass is 9.90. The van der Waals surface area contributed by atoms with E-state index >= 15 is 0 Å². The average Bonchev–Trinajstić information content (AvgIpc) is 2.47. The number of benzene rings is 1. The maximum absolute atomic E-state index is 12.6. The number of sulfonamides is 1. The highest BCUT2D eigenvalue weighted by Gasteiger charge is 2.27. The first-order chi connectivity index (χ1) is 10.6. The van der Waals surface area contributed by atoms with Gasteiger partial charge in [0.05, 0.1) is 15.1 Å². The number of aryl methyl sites for hydroxylation is 1. The van der Waals surface area contributed by atoms with Gasteiger partial charge in [-0.05, 0) is 59.5 Å². The van der Waals surface area contributed by atoms with Crippen molar-refractivity contribution in [2.24, 2.45) is 10.3 Å². The molecule has 4 nitrogen and oxygen atoms in total. The van der Waals surface area contributed by atoms with Gasteiger partial charge in [0, 0.05) is 5.57 Å². The zero-order chi connectivity index (χ0) is 17.4. The number of hydrogen-bond acceptors (Lipinski definition) is 3. The second-order valence-corrected chi connectivity index (χ2v) is 8.18. The van der Waals surface area contributed by atoms with Crippen LogP contribution in [-0.2, 0) is 14.8 Å². The molecule has 6 heteroatoms. The van der Waals surface area contributed by atoms with Crippen molar-refractivity contribution < 1.29 is 13.2 Å². The molecule has 0 amide bonds. The van der Waals surface area contributed by atoms with E-state index in [1.807, 2.05) is 20.8 Å². The molecule has 122 valence electrons. The average molecular weight is 396 g/mol. The molecule has 0 bridgehead atoms. The van der Waals surface area contributed by atoms with Crippen LogP contribution >= 0.6 is 15.9 Å². The van der Waals surface area contributed by atoms with Crippen LogP contribution in [0.4, 0.5) is 0 Å². The Morgan fingerprint density at radius 1 is 1.09 bits per heavy atom. The van der Waals surface area contributed by atoms with Crippen molar-refractivity contribution in [3.05, 3.63) is 51.5 Å². The molecule has 0 unspecified atom stereocenters. The Labute approximate surface area is 145 Å². The predicted octanol–water partition coefficient (Wildman–Crippen LogP) is 3.96. The van der Waals surface area contributed by atoms with Crippen LogP contribution < -0.4 is 0 Å². The molecule has 2 rings (SSSR count). The van der Waals surface area contributed by atoms with Gasteiger partial charge in [-0.3, -0.25) is 4.79 Å². The number of rotatable bonds is 3. The lowest BCUT2D eigenvalue weighted by Gasteiger charge is -2.19. The fourth-order valence-corrected chi connectivity index (χ4v) is 3.80. The van der Waals surface area contributed by atoms with E-state index in [4.69, 9.17) is 0 Å². The molecule has 0 saturated heterocycles. The summed E-state index contributed by atoms with van der Waals surface area (Å²) in [7, 11) is -3.85. The molecular formula is C17H18BrNO3S. The highest BCUT2D eigenvalue weighted by atomic mass is 79.9. The van der Waals surface area contributed by atoms with Gasteiger partial charge in [-0.1, -0.05) is 31.5 Å². The monoisotopic (exact) mass is 395 g/mol. The van der Waals surface area contributed by atoms with E-state index in [1.54, 1.807) is 19.1 Å². The predicted molar refractivity (Wildman–Crippen MR) is 95.4 cm³/mol. The van der Waals surface area contributed by atoms with Crippen LogP contribution in [0.15, 0.2) is 55.3 Å². The van der Waals surface area contributed by atoms with Crippen LogP contribution in [-0.4, -0.2) is 19.9 Å². The minimum Gasteiger partial charge on any atom is -0.290 e. The van der Waals surface area contributed by atoms with E-state index in [-0.39, 0.29) is 16.6 Å². The molecule has 0 saturated carbocycles. The highest BCUT2D eigenvalue weighted by molar-refractivity contribution is 9.12. The molecule has 0 spiro atoms.